The van der Waals surface area contributed by atoms with Crippen molar-refractivity contribution in [2.24, 2.45) is 11.1 Å². The second-order valence-electron chi connectivity index (χ2n) is 10.4. The van der Waals surface area contributed by atoms with E-state index in [0.29, 0.717) is 63.1 Å². The van der Waals surface area contributed by atoms with E-state index in [0.717, 1.165) is 32.1 Å². The molecule has 0 spiro atoms. The minimum Gasteiger partial charge on any atom is -0.393 e. The van der Waals surface area contributed by atoms with E-state index in [1.165, 1.54) is 0 Å². The molecule has 2 atom stereocenters. The Morgan fingerprint density at radius 3 is 2.49 bits per heavy atom. The van der Waals surface area contributed by atoms with Gasteiger partial charge < -0.3 is 21.5 Å². The zero-order chi connectivity index (χ0) is 26.3. The topological polar surface area (TPSA) is 131 Å². The van der Waals surface area contributed by atoms with Crippen molar-refractivity contribution in [1.82, 2.24) is 19.5 Å². The van der Waals surface area contributed by atoms with Crippen LogP contribution in [-0.4, -0.2) is 42.7 Å². The maximum absolute atomic E-state index is 12.1. The number of aliphatic hydroxyl groups is 1. The molecule has 2 aliphatic carbocycles. The molecule has 2 aromatic heterocycles. The standard InChI is InChI=1S/C25H30Cl3N7O2/c1-25(22(29)37)7-5-15(6-8-25)35-21-19(12-30-23(34-21)31-14-3-2-4-16(36)11-14)32-24(35)33-20-17(27)9-13(26)10-18(20)28/h9-10,12,14-16,36H,2-8,11H2,1H3,(H2,29,37)(H,32,33)(H,30,31,34)/t14-,15-,16+,25-/m1/s1. The number of hydrogen-bond donors (Lipinski definition) is 4. The average Bonchev–Trinajstić information content (AvgIpc) is 3.19. The Morgan fingerprint density at radius 2 is 1.84 bits per heavy atom. The number of amides is 1. The molecule has 0 radical (unpaired) electrons. The Kier molecular flexibility index (Phi) is 7.42. The highest BCUT2D eigenvalue weighted by Crippen LogP contribution is 2.44. The molecule has 5 rings (SSSR count). The van der Waals surface area contributed by atoms with Crippen LogP contribution in [0.2, 0.25) is 15.1 Å². The molecule has 12 heteroatoms. The van der Waals surface area contributed by atoms with Gasteiger partial charge in [0.2, 0.25) is 17.8 Å². The number of aliphatic hydroxyl groups excluding tert-OH is 1. The third-order valence-electron chi connectivity index (χ3n) is 7.67. The molecule has 1 amide bonds. The van der Waals surface area contributed by atoms with Crippen molar-refractivity contribution in [3.63, 3.8) is 0 Å². The molecule has 2 aliphatic rings. The van der Waals surface area contributed by atoms with Crippen molar-refractivity contribution in [3.8, 4) is 0 Å². The number of rotatable bonds is 6. The number of nitrogens with two attached hydrogens (primary N) is 1. The van der Waals surface area contributed by atoms with Crippen LogP contribution in [0.3, 0.4) is 0 Å². The minimum absolute atomic E-state index is 0.0176. The van der Waals surface area contributed by atoms with Gasteiger partial charge in [-0.1, -0.05) is 41.7 Å². The van der Waals surface area contributed by atoms with Crippen molar-refractivity contribution in [2.75, 3.05) is 10.6 Å². The van der Waals surface area contributed by atoms with E-state index in [2.05, 4.69) is 15.6 Å². The van der Waals surface area contributed by atoms with E-state index in [1.54, 1.807) is 18.3 Å². The number of nitrogens with zero attached hydrogens (tertiary/aromatic N) is 4. The van der Waals surface area contributed by atoms with E-state index in [1.807, 2.05) is 11.5 Å². The number of hydrogen-bond acceptors (Lipinski definition) is 7. The second-order valence-corrected chi connectivity index (χ2v) is 11.6. The van der Waals surface area contributed by atoms with E-state index in [-0.39, 0.29) is 24.1 Å². The van der Waals surface area contributed by atoms with Crippen molar-refractivity contribution < 1.29 is 9.90 Å². The summed E-state index contributed by atoms with van der Waals surface area (Å²) in [6, 6.07) is 3.35. The number of aromatic nitrogens is 4. The lowest BCUT2D eigenvalue weighted by Gasteiger charge is -2.35. The number of primary amides is 1. The summed E-state index contributed by atoms with van der Waals surface area (Å²) < 4.78 is 2.04. The molecule has 37 heavy (non-hydrogen) atoms. The van der Waals surface area contributed by atoms with Crippen LogP contribution in [-0.2, 0) is 4.79 Å². The van der Waals surface area contributed by atoms with Crippen molar-refractivity contribution in [2.45, 2.75) is 76.5 Å². The van der Waals surface area contributed by atoms with Crippen LogP contribution in [0.1, 0.15) is 64.3 Å². The number of carbonyl (C=O) groups is 1. The SMILES string of the molecule is C[C@]1(C(N)=O)CC[C@H](n2c(Nc3c(Cl)cc(Cl)cc3Cl)nc3cnc(N[C@@H]4CCC[C@H](O)C4)nc32)CC1. The molecule has 2 fully saturated rings. The molecule has 1 aromatic carbocycles. The fourth-order valence-electron chi connectivity index (χ4n) is 5.39. The largest absolute Gasteiger partial charge is 0.393 e. The molecule has 2 saturated carbocycles. The summed E-state index contributed by atoms with van der Waals surface area (Å²) in [5, 5.41) is 17.9. The lowest BCUT2D eigenvalue weighted by molar-refractivity contribution is -0.128. The van der Waals surface area contributed by atoms with Crippen LogP contribution >= 0.6 is 34.8 Å². The number of fused-ring (bicyclic) bond motifs is 1. The van der Waals surface area contributed by atoms with Crippen molar-refractivity contribution in [1.29, 1.82) is 0 Å². The highest BCUT2D eigenvalue weighted by Gasteiger charge is 2.38. The lowest BCUT2D eigenvalue weighted by Crippen LogP contribution is -2.38. The number of imidazole rings is 1. The van der Waals surface area contributed by atoms with E-state index >= 15 is 0 Å². The first-order chi connectivity index (χ1) is 17.6. The number of halogens is 3. The fraction of sp³-hybridized carbons (Fsp3) is 0.520. The Hall–Kier alpha value is -2.33. The molecular weight excluding hydrogens is 537 g/mol. The Bertz CT molecular complexity index is 1300. The van der Waals surface area contributed by atoms with Crippen molar-refractivity contribution >= 4 is 69.5 Å². The molecule has 9 nitrogen and oxygen atoms in total. The number of carbonyl (C=O) groups excluding carboxylic acids is 1. The Balaban J connectivity index is 1.52. The van der Waals surface area contributed by atoms with Gasteiger partial charge in [0, 0.05) is 22.5 Å². The van der Waals surface area contributed by atoms with Gasteiger partial charge in [0.15, 0.2) is 5.65 Å². The number of anilines is 3. The van der Waals surface area contributed by atoms with Crippen LogP contribution in [0, 0.1) is 5.41 Å². The smallest absolute Gasteiger partial charge is 0.224 e. The van der Waals surface area contributed by atoms with E-state index < -0.39 is 5.41 Å². The molecule has 0 unspecified atom stereocenters. The Morgan fingerprint density at radius 1 is 1.14 bits per heavy atom. The molecule has 3 aromatic rings. The molecule has 0 bridgehead atoms. The molecule has 0 aliphatic heterocycles. The first-order valence-electron chi connectivity index (χ1n) is 12.5. The highest BCUT2D eigenvalue weighted by atomic mass is 35.5. The van der Waals surface area contributed by atoms with E-state index in [9.17, 15) is 9.90 Å². The molecular formula is C25H30Cl3N7O2. The van der Waals surface area contributed by atoms with E-state index in [4.69, 9.17) is 50.5 Å². The maximum Gasteiger partial charge on any atom is 0.224 e. The first-order valence-corrected chi connectivity index (χ1v) is 13.7. The van der Waals surface area contributed by atoms with Gasteiger partial charge in [0.1, 0.15) is 5.52 Å². The van der Waals surface area contributed by atoms with Crippen molar-refractivity contribution in [3.05, 3.63) is 33.4 Å². The normalized spacial score (nSPS) is 26.2. The van der Waals surface area contributed by atoms with Gasteiger partial charge in [-0.2, -0.15) is 4.98 Å². The summed E-state index contributed by atoms with van der Waals surface area (Å²) in [5.74, 6) is 0.732. The Labute approximate surface area is 230 Å². The predicted octanol–water partition coefficient (Wildman–Crippen LogP) is 5.85. The van der Waals surface area contributed by atoms with Gasteiger partial charge in [-0.25, -0.2) is 9.97 Å². The van der Waals surface area contributed by atoms with Crippen LogP contribution in [0.25, 0.3) is 11.2 Å². The highest BCUT2D eigenvalue weighted by molar-refractivity contribution is 6.41. The summed E-state index contributed by atoms with van der Waals surface area (Å²) in [6.07, 6.45) is 7.53. The minimum atomic E-state index is -0.535. The van der Waals surface area contributed by atoms with Gasteiger partial charge in [-0.3, -0.25) is 9.36 Å². The third kappa shape index (κ3) is 5.46. The average molecular weight is 567 g/mol. The first kappa shape index (κ1) is 26.3. The molecule has 5 N–H and O–H groups in total. The summed E-state index contributed by atoms with van der Waals surface area (Å²) in [7, 11) is 0. The maximum atomic E-state index is 12.1. The fourth-order valence-corrected chi connectivity index (χ4v) is 6.30. The van der Waals surface area contributed by atoms with Gasteiger partial charge in [-0.15, -0.1) is 0 Å². The quantitative estimate of drug-likeness (QED) is 0.294. The zero-order valence-corrected chi connectivity index (χ0v) is 22.7. The lowest BCUT2D eigenvalue weighted by atomic mass is 9.73. The molecule has 198 valence electrons. The second kappa shape index (κ2) is 10.4. The zero-order valence-electron chi connectivity index (χ0n) is 20.5. The number of nitrogens with one attached hydrogen (secondary N) is 2. The third-order valence-corrected chi connectivity index (χ3v) is 8.49. The summed E-state index contributed by atoms with van der Waals surface area (Å²) in [5.41, 5.74) is 6.92. The van der Waals surface area contributed by atoms with Crippen LogP contribution in [0.15, 0.2) is 18.3 Å². The molecule has 0 saturated heterocycles. The van der Waals surface area contributed by atoms with Gasteiger partial charge in [-0.05, 0) is 63.5 Å². The summed E-state index contributed by atoms with van der Waals surface area (Å²) >= 11 is 19.0. The van der Waals surface area contributed by atoms with Gasteiger partial charge >= 0.3 is 0 Å². The number of benzene rings is 1. The van der Waals surface area contributed by atoms with Gasteiger partial charge in [0.25, 0.3) is 0 Å². The monoisotopic (exact) mass is 565 g/mol. The molecule has 2 heterocycles. The van der Waals surface area contributed by atoms with Crippen LogP contribution in [0.5, 0.6) is 0 Å². The summed E-state index contributed by atoms with van der Waals surface area (Å²) in [6.45, 7) is 1.92. The predicted molar refractivity (Wildman–Crippen MR) is 147 cm³/mol. The van der Waals surface area contributed by atoms with Gasteiger partial charge in [0.05, 0.1) is 28.0 Å². The summed E-state index contributed by atoms with van der Waals surface area (Å²) in [4.78, 5) is 26.2. The van der Waals surface area contributed by atoms with Crippen LogP contribution in [0.4, 0.5) is 17.6 Å². The van der Waals surface area contributed by atoms with Crippen LogP contribution < -0.4 is 16.4 Å².